The normalized spacial score (nSPS) is 9.30. The van der Waals surface area contributed by atoms with Crippen molar-refractivity contribution >= 4 is 89.9 Å². The molecule has 2 aromatic heterocycles. The molecule has 0 unspecified atom stereocenters. The Morgan fingerprint density at radius 2 is 1.37 bits per heavy atom. The number of aromatic nitrogens is 2. The van der Waals surface area contributed by atoms with E-state index >= 15 is 0 Å². The molecule has 0 aromatic carbocycles. The summed E-state index contributed by atoms with van der Waals surface area (Å²) in [5.74, 6) is -2.01. The highest BCUT2D eigenvalue weighted by Crippen LogP contribution is 2.20. The van der Waals surface area contributed by atoms with Gasteiger partial charge in [0.25, 0.3) is 0 Å². The lowest BCUT2D eigenvalue weighted by molar-refractivity contribution is -0.152. The molecule has 4 N–H and O–H groups in total. The van der Waals surface area contributed by atoms with E-state index in [4.69, 9.17) is 15.2 Å². The van der Waals surface area contributed by atoms with Crippen LogP contribution in [0.4, 0.5) is 10.3 Å². The van der Waals surface area contributed by atoms with Gasteiger partial charge in [0.05, 0.1) is 25.2 Å². The minimum absolute atomic E-state index is 0.0336. The fourth-order valence-corrected chi connectivity index (χ4v) is 4.50. The van der Waals surface area contributed by atoms with Crippen molar-refractivity contribution in [3.8, 4) is 0 Å². The summed E-state index contributed by atoms with van der Waals surface area (Å²) in [6, 6.07) is 0. The van der Waals surface area contributed by atoms with Gasteiger partial charge in [-0.05, 0) is 60.7 Å². The van der Waals surface area contributed by atoms with Crippen molar-refractivity contribution in [3.05, 3.63) is 22.1 Å². The zero-order valence-electron chi connectivity index (χ0n) is 25.7. The van der Waals surface area contributed by atoms with E-state index in [0.29, 0.717) is 29.7 Å². The van der Waals surface area contributed by atoms with Crippen LogP contribution in [-0.2, 0) is 23.8 Å². The molecule has 13 nitrogen and oxygen atoms in total. The van der Waals surface area contributed by atoms with Gasteiger partial charge in [-0.2, -0.15) is 0 Å². The maximum atomic E-state index is 11.4. The molecule has 0 aliphatic rings. The summed E-state index contributed by atoms with van der Waals surface area (Å²) >= 11 is 10.2. The average molecular weight is 728 g/mol. The fourth-order valence-electron chi connectivity index (χ4n) is 2.45. The second kappa shape index (κ2) is 26.7. The van der Waals surface area contributed by atoms with Crippen LogP contribution >= 0.6 is 50.8 Å². The van der Waals surface area contributed by atoms with Gasteiger partial charge in [-0.25, -0.2) is 24.4 Å². The number of ketones is 1. The summed E-state index contributed by atoms with van der Waals surface area (Å²) in [4.78, 5) is 53.7. The summed E-state index contributed by atoms with van der Waals surface area (Å²) < 4.78 is 14.0. The molecule has 17 heteroatoms. The molecule has 0 atom stereocenters. The molecule has 244 valence electrons. The number of anilines is 2. The quantitative estimate of drug-likeness (QED) is 0.0877. The van der Waals surface area contributed by atoms with Gasteiger partial charge in [0.1, 0.15) is 0 Å². The molecule has 0 radical (unpaired) electrons. The minimum atomic E-state index is -0.769. The summed E-state index contributed by atoms with van der Waals surface area (Å²) in [6.07, 6.45) is 0. The first kappa shape index (κ1) is 42.2. The Hall–Kier alpha value is -2.89. The monoisotopic (exact) mass is 726 g/mol. The third kappa shape index (κ3) is 19.8. The molecule has 0 spiro atoms. The Balaban J connectivity index is 0. The molecule has 2 heterocycles. The third-order valence-electron chi connectivity index (χ3n) is 4.30. The van der Waals surface area contributed by atoms with Crippen molar-refractivity contribution < 1.29 is 33.4 Å². The van der Waals surface area contributed by atoms with Crippen molar-refractivity contribution in [2.75, 3.05) is 61.5 Å². The first-order chi connectivity index (χ1) is 20.5. The number of rotatable bonds is 13. The highest BCUT2D eigenvalue weighted by atomic mass is 79.9. The van der Waals surface area contributed by atoms with Gasteiger partial charge in [0, 0.05) is 36.9 Å². The summed E-state index contributed by atoms with van der Waals surface area (Å²) in [5.41, 5.74) is 5.81. The van der Waals surface area contributed by atoms with Gasteiger partial charge in [0.15, 0.2) is 26.8 Å². The van der Waals surface area contributed by atoms with Crippen LogP contribution in [0.1, 0.15) is 69.4 Å². The number of halogens is 1. The van der Waals surface area contributed by atoms with Crippen molar-refractivity contribution in [2.45, 2.75) is 48.5 Å². The molecular weight excluding hydrogens is 684 g/mol. The lowest BCUT2D eigenvalue weighted by atomic mass is 10.5. The highest BCUT2D eigenvalue weighted by Gasteiger charge is 2.14. The maximum Gasteiger partial charge on any atom is 0.375 e. The number of nitrogens with two attached hydrogens (primary N) is 1. The smallest absolute Gasteiger partial charge is 0.375 e. The molecule has 0 amide bonds. The number of alkyl halides is 1. The number of hydrogen-bond acceptors (Lipinski definition) is 14. The molecule has 0 saturated heterocycles. The number of thiocarbonyl (C=S) groups is 1. The number of Topliss-reactive ketones (excluding diaryl/α,β-unsaturated/α-hetero) is 1. The molecule has 43 heavy (non-hydrogen) atoms. The second-order valence-corrected chi connectivity index (χ2v) is 10.1. The summed E-state index contributed by atoms with van der Waals surface area (Å²) in [7, 11) is 0. The zero-order chi connectivity index (χ0) is 33.2. The third-order valence-corrected chi connectivity index (χ3v) is 6.66. The fraction of sp³-hybridized carbons (Fsp3) is 0.577. The number of nitrogens with zero attached hydrogens (tertiary/aromatic N) is 3. The second-order valence-electron chi connectivity index (χ2n) is 7.37. The van der Waals surface area contributed by atoms with Crippen LogP contribution in [-0.4, -0.2) is 90.1 Å². The van der Waals surface area contributed by atoms with Crippen molar-refractivity contribution in [3.63, 3.8) is 0 Å². The van der Waals surface area contributed by atoms with Crippen LogP contribution in [0.25, 0.3) is 0 Å². The molecule has 0 saturated carbocycles. The standard InChI is InChI=1S/C10H16N2O2S.C8H12N2O2S.C5H7BrO3.C3H8N2S/c1-4-12(5-2)10-11-8(7-15-10)9(13)14-6-3;1-3-9-8-10-6(5-13-8)7(11)12-4-2;1-2-9-5(8)4(7)3-6;1-2-5-3(4)6/h7H,4-6H2,1-3H3;5H,3-4H2,1-2H3,(H,9,10);2-3H2,1H3;2H2,1H3,(H3,4,5,6). The van der Waals surface area contributed by atoms with Crippen LogP contribution in [0.2, 0.25) is 0 Å². The number of hydrogen-bond donors (Lipinski definition) is 3. The van der Waals surface area contributed by atoms with Crippen molar-refractivity contribution in [1.82, 2.24) is 15.3 Å². The first-order valence-corrected chi connectivity index (χ1v) is 16.8. The van der Waals surface area contributed by atoms with Gasteiger partial charge in [-0.15, -0.1) is 22.7 Å². The van der Waals surface area contributed by atoms with E-state index in [0.717, 1.165) is 36.4 Å². The van der Waals surface area contributed by atoms with Crippen LogP contribution in [0, 0.1) is 0 Å². The maximum absolute atomic E-state index is 11.4. The van der Waals surface area contributed by atoms with E-state index < -0.39 is 11.8 Å². The van der Waals surface area contributed by atoms with Gasteiger partial charge in [-0.3, -0.25) is 4.79 Å². The van der Waals surface area contributed by atoms with Crippen LogP contribution < -0.4 is 21.3 Å². The van der Waals surface area contributed by atoms with E-state index in [-0.39, 0.29) is 23.9 Å². The SMILES string of the molecule is CCNC(N)=S.CCNc1nc(C(=O)OCC)cs1.CCOC(=O)C(=O)CBr.CCOC(=O)c1csc(N(CC)CC)n1. The molecule has 0 bridgehead atoms. The van der Waals surface area contributed by atoms with Crippen LogP contribution in [0.15, 0.2) is 10.8 Å². The van der Waals surface area contributed by atoms with Gasteiger partial charge in [0.2, 0.25) is 5.78 Å². The van der Waals surface area contributed by atoms with Crippen molar-refractivity contribution in [2.24, 2.45) is 5.73 Å². The largest absolute Gasteiger partial charge is 0.461 e. The highest BCUT2D eigenvalue weighted by molar-refractivity contribution is 9.09. The van der Waals surface area contributed by atoms with E-state index in [1.165, 1.54) is 22.7 Å². The first-order valence-electron chi connectivity index (χ1n) is 13.5. The Labute approximate surface area is 275 Å². The number of carbonyl (C=O) groups is 4. The average Bonchev–Trinajstić information content (AvgIpc) is 3.66. The van der Waals surface area contributed by atoms with E-state index in [2.05, 4.69) is 72.2 Å². The van der Waals surface area contributed by atoms with Crippen molar-refractivity contribution in [1.29, 1.82) is 0 Å². The topological polar surface area (TPSA) is 175 Å². The predicted molar refractivity (Wildman–Crippen MR) is 180 cm³/mol. The van der Waals surface area contributed by atoms with E-state index in [1.54, 1.807) is 31.5 Å². The summed E-state index contributed by atoms with van der Waals surface area (Å²) in [5, 5.41) is 11.2. The zero-order valence-corrected chi connectivity index (χ0v) is 29.7. The Kier molecular flexibility index (Phi) is 26.2. The number of ether oxygens (including phenoxy) is 3. The van der Waals surface area contributed by atoms with Gasteiger partial charge >= 0.3 is 17.9 Å². The Morgan fingerprint density at radius 1 is 0.860 bits per heavy atom. The Morgan fingerprint density at radius 3 is 1.77 bits per heavy atom. The van der Waals surface area contributed by atoms with Gasteiger partial charge < -0.3 is 35.5 Å². The van der Waals surface area contributed by atoms with E-state index in [1.807, 2.05) is 13.8 Å². The Bertz CT molecular complexity index is 1100. The predicted octanol–water partition coefficient (Wildman–Crippen LogP) is 4.27. The van der Waals surface area contributed by atoms with Crippen LogP contribution in [0.5, 0.6) is 0 Å². The lowest BCUT2D eigenvalue weighted by Gasteiger charge is -2.16. The number of thiazole rings is 2. The molecule has 0 aliphatic carbocycles. The minimum Gasteiger partial charge on any atom is -0.461 e. The number of carbonyl (C=O) groups excluding carboxylic acids is 4. The van der Waals surface area contributed by atoms with E-state index in [9.17, 15) is 19.2 Å². The molecule has 0 fully saturated rings. The molecule has 0 aliphatic heterocycles. The molecular formula is C26H43BrN6O7S3. The van der Waals surface area contributed by atoms with Gasteiger partial charge in [-0.1, -0.05) is 15.9 Å². The summed E-state index contributed by atoms with van der Waals surface area (Å²) in [6.45, 7) is 17.7. The molecule has 2 rings (SSSR count). The lowest BCUT2D eigenvalue weighted by Crippen LogP contribution is -2.28. The van der Waals surface area contributed by atoms with Crippen LogP contribution in [0.3, 0.4) is 0 Å². The number of esters is 3. The number of nitrogens with one attached hydrogen (secondary N) is 2. The molecule has 2 aromatic rings.